The van der Waals surface area contributed by atoms with E-state index in [1.807, 2.05) is 35.2 Å². The van der Waals surface area contributed by atoms with Gasteiger partial charge in [0.2, 0.25) is 0 Å². The van der Waals surface area contributed by atoms with Gasteiger partial charge in [-0.25, -0.2) is 9.37 Å². The summed E-state index contributed by atoms with van der Waals surface area (Å²) >= 11 is 0. The number of methoxy groups -OCH3 is 1. The summed E-state index contributed by atoms with van der Waals surface area (Å²) in [4.78, 5) is 23.5. The fraction of sp³-hybridized carbons (Fsp3) is 0.261. The average Bonchev–Trinajstić information content (AvgIpc) is 2.81. The van der Waals surface area contributed by atoms with Crippen LogP contribution in [0.4, 0.5) is 10.2 Å². The molecule has 0 radical (unpaired) electrons. The zero-order valence-corrected chi connectivity index (χ0v) is 17.0. The van der Waals surface area contributed by atoms with E-state index in [9.17, 15) is 14.3 Å². The summed E-state index contributed by atoms with van der Waals surface area (Å²) in [6.45, 7) is 0.738. The molecule has 1 fully saturated rings. The molecule has 0 bridgehead atoms. The largest absolute Gasteiger partial charge is 0.496 e. The van der Waals surface area contributed by atoms with Crippen LogP contribution in [0.25, 0.3) is 0 Å². The highest BCUT2D eigenvalue weighted by Gasteiger charge is 2.46. The molecule has 0 aliphatic carbocycles. The molecular weight excluding hydrogens is 399 g/mol. The van der Waals surface area contributed by atoms with Crippen molar-refractivity contribution in [2.75, 3.05) is 25.1 Å². The average molecular weight is 422 g/mol. The number of benzene rings is 2. The number of aliphatic hydroxyl groups excluding tert-OH is 1. The van der Waals surface area contributed by atoms with Crippen LogP contribution >= 0.6 is 0 Å². The highest BCUT2D eigenvalue weighted by atomic mass is 19.1. The van der Waals surface area contributed by atoms with Crippen molar-refractivity contribution in [3.8, 4) is 5.75 Å². The second-order valence-corrected chi connectivity index (χ2v) is 7.38. The fourth-order valence-corrected chi connectivity index (χ4v) is 4.05. The third-order valence-corrected chi connectivity index (χ3v) is 5.66. The van der Waals surface area contributed by atoms with Gasteiger partial charge in [0.15, 0.2) is 0 Å². The predicted molar refractivity (Wildman–Crippen MR) is 113 cm³/mol. The molecule has 1 aromatic heterocycles. The monoisotopic (exact) mass is 422 g/mol. The number of carbonyl (C=O) groups excluding carboxylic acids is 1. The quantitative estimate of drug-likeness (QED) is 0.657. The van der Waals surface area contributed by atoms with E-state index in [0.717, 1.165) is 5.56 Å². The van der Waals surface area contributed by atoms with Crippen LogP contribution in [-0.4, -0.2) is 47.3 Å². The van der Waals surface area contributed by atoms with Crippen molar-refractivity contribution >= 4 is 11.7 Å². The molecule has 31 heavy (non-hydrogen) atoms. The Morgan fingerprint density at radius 3 is 2.71 bits per heavy atom. The summed E-state index contributed by atoms with van der Waals surface area (Å²) in [7, 11) is 1.38. The van der Waals surface area contributed by atoms with Crippen molar-refractivity contribution in [2.24, 2.45) is 0 Å². The molecule has 1 aliphatic heterocycles. The summed E-state index contributed by atoms with van der Waals surface area (Å²) in [5.74, 6) is -0.560. The highest BCUT2D eigenvalue weighted by Crippen LogP contribution is 2.35. The van der Waals surface area contributed by atoms with Crippen molar-refractivity contribution in [2.45, 2.75) is 18.1 Å². The molecule has 2 atom stereocenters. The first-order chi connectivity index (χ1) is 15.0. The van der Waals surface area contributed by atoms with Gasteiger partial charge >= 0.3 is 0 Å². The Kier molecular flexibility index (Phi) is 5.81. The van der Waals surface area contributed by atoms with E-state index in [1.54, 1.807) is 18.6 Å². The molecule has 160 valence electrons. The van der Waals surface area contributed by atoms with Crippen LogP contribution in [-0.2, 0) is 5.54 Å². The number of aromatic nitrogens is 2. The maximum Gasteiger partial charge on any atom is 0.258 e. The molecule has 1 saturated heterocycles. The molecule has 7 nitrogen and oxygen atoms in total. The van der Waals surface area contributed by atoms with E-state index in [4.69, 9.17) is 4.74 Å². The van der Waals surface area contributed by atoms with E-state index >= 15 is 0 Å². The SMILES string of the molecule is COc1cccc(F)c1C(=O)N[C@@]1(c2ccccc2)CCN(c2cnccn2)C[C@H]1O. The van der Waals surface area contributed by atoms with Gasteiger partial charge in [-0.1, -0.05) is 36.4 Å². The van der Waals surface area contributed by atoms with Crippen molar-refractivity contribution in [3.63, 3.8) is 0 Å². The molecule has 1 aliphatic rings. The first kappa shape index (κ1) is 20.7. The number of nitrogens with zero attached hydrogens (tertiary/aromatic N) is 3. The zero-order chi connectivity index (χ0) is 21.8. The number of rotatable bonds is 5. The molecule has 2 heterocycles. The van der Waals surface area contributed by atoms with Crippen LogP contribution in [0.2, 0.25) is 0 Å². The Morgan fingerprint density at radius 2 is 2.03 bits per heavy atom. The lowest BCUT2D eigenvalue weighted by Gasteiger charge is -2.46. The summed E-state index contributed by atoms with van der Waals surface area (Å²) in [5, 5.41) is 14.2. The van der Waals surface area contributed by atoms with Crippen LogP contribution in [0.1, 0.15) is 22.3 Å². The molecule has 0 unspecified atom stereocenters. The number of β-amino-alcohol motifs (C(OH)–C–C–N with tert-alkyl or cyclic N) is 1. The van der Waals surface area contributed by atoms with E-state index in [0.29, 0.717) is 18.8 Å². The van der Waals surface area contributed by atoms with Crippen molar-refractivity contribution in [1.29, 1.82) is 0 Å². The first-order valence-corrected chi connectivity index (χ1v) is 9.95. The maximum atomic E-state index is 14.5. The number of amides is 1. The topological polar surface area (TPSA) is 87.6 Å². The van der Waals surface area contributed by atoms with Gasteiger partial charge in [0.05, 0.1) is 24.9 Å². The Bertz CT molecular complexity index is 1050. The lowest BCUT2D eigenvalue weighted by atomic mass is 9.78. The van der Waals surface area contributed by atoms with Gasteiger partial charge in [-0.3, -0.25) is 9.78 Å². The van der Waals surface area contributed by atoms with Gasteiger partial charge in [-0.2, -0.15) is 0 Å². The Balaban J connectivity index is 1.69. The Labute approximate surface area is 179 Å². The number of carbonyl (C=O) groups is 1. The second-order valence-electron chi connectivity index (χ2n) is 7.38. The number of hydrogen-bond donors (Lipinski definition) is 2. The fourth-order valence-electron chi connectivity index (χ4n) is 4.05. The van der Waals surface area contributed by atoms with Crippen molar-refractivity contribution in [1.82, 2.24) is 15.3 Å². The van der Waals surface area contributed by atoms with Gasteiger partial charge in [0.25, 0.3) is 5.91 Å². The third kappa shape index (κ3) is 3.94. The number of nitrogens with one attached hydrogen (secondary N) is 1. The number of aliphatic hydroxyl groups is 1. The van der Waals surface area contributed by atoms with Crippen LogP contribution < -0.4 is 15.0 Å². The maximum absolute atomic E-state index is 14.5. The highest BCUT2D eigenvalue weighted by molar-refractivity contribution is 5.97. The van der Waals surface area contributed by atoms with Crippen LogP contribution in [0.15, 0.2) is 67.1 Å². The Morgan fingerprint density at radius 1 is 1.23 bits per heavy atom. The number of hydrogen-bond acceptors (Lipinski definition) is 6. The molecule has 0 spiro atoms. The summed E-state index contributed by atoms with van der Waals surface area (Å²) in [6.07, 6.45) is 4.21. The molecule has 8 heteroatoms. The van der Waals surface area contributed by atoms with Crippen molar-refractivity contribution in [3.05, 3.63) is 84.1 Å². The predicted octanol–water partition coefficient (Wildman–Crippen LogP) is 2.52. The number of halogens is 1. The van der Waals surface area contributed by atoms with Gasteiger partial charge < -0.3 is 20.1 Å². The zero-order valence-electron chi connectivity index (χ0n) is 17.0. The molecule has 4 rings (SSSR count). The first-order valence-electron chi connectivity index (χ1n) is 9.95. The van der Waals surface area contributed by atoms with Gasteiger partial charge in [-0.05, 0) is 24.1 Å². The third-order valence-electron chi connectivity index (χ3n) is 5.66. The van der Waals surface area contributed by atoms with Gasteiger partial charge in [0, 0.05) is 25.5 Å². The number of piperidine rings is 1. The molecule has 2 aromatic carbocycles. The smallest absolute Gasteiger partial charge is 0.258 e. The summed E-state index contributed by atoms with van der Waals surface area (Å²) < 4.78 is 19.7. The number of ether oxygens (including phenoxy) is 1. The normalized spacial score (nSPS) is 20.9. The standard InChI is InChI=1S/C23H23FN4O3/c1-31-18-9-5-8-17(24)21(18)22(30)27-23(16-6-3-2-4-7-16)10-13-28(15-19(23)29)20-14-25-11-12-26-20/h2-9,11-12,14,19,29H,10,13,15H2,1H3,(H,27,30)/t19-,23-/m1/s1. The van der Waals surface area contributed by atoms with E-state index in [1.165, 1.54) is 25.3 Å². The van der Waals surface area contributed by atoms with Gasteiger partial charge in [-0.15, -0.1) is 0 Å². The minimum absolute atomic E-state index is 0.132. The van der Waals surface area contributed by atoms with Crippen LogP contribution in [0.5, 0.6) is 5.75 Å². The van der Waals surface area contributed by atoms with E-state index in [-0.39, 0.29) is 17.9 Å². The van der Waals surface area contributed by atoms with Gasteiger partial charge in [0.1, 0.15) is 22.9 Å². The summed E-state index contributed by atoms with van der Waals surface area (Å²) in [5.41, 5.74) is -0.557. The molecule has 0 saturated carbocycles. The van der Waals surface area contributed by atoms with Crippen molar-refractivity contribution < 1.29 is 19.0 Å². The minimum atomic E-state index is -1.11. The number of anilines is 1. The lowest BCUT2D eigenvalue weighted by Crippen LogP contribution is -2.62. The van der Waals surface area contributed by atoms with Crippen LogP contribution in [0.3, 0.4) is 0 Å². The molecule has 1 amide bonds. The molecular formula is C23H23FN4O3. The Hall–Kier alpha value is -3.52. The molecule has 2 N–H and O–H groups in total. The lowest BCUT2D eigenvalue weighted by molar-refractivity contribution is 0.0361. The summed E-state index contributed by atoms with van der Waals surface area (Å²) in [6, 6.07) is 13.5. The van der Waals surface area contributed by atoms with E-state index in [2.05, 4.69) is 15.3 Å². The molecule has 3 aromatic rings. The minimum Gasteiger partial charge on any atom is -0.496 e. The van der Waals surface area contributed by atoms with Crippen LogP contribution in [0, 0.1) is 5.82 Å². The second kappa shape index (κ2) is 8.69. The van der Waals surface area contributed by atoms with E-state index < -0.39 is 23.4 Å².